The molecule has 2 heterocycles. The van der Waals surface area contributed by atoms with Gasteiger partial charge in [-0.05, 0) is 30.7 Å². The lowest BCUT2D eigenvalue weighted by Crippen LogP contribution is -2.44. The number of nitrogens with one attached hydrogen (secondary N) is 2. The molecular weight excluding hydrogens is 535 g/mol. The number of hydrogen-bond donors (Lipinski definition) is 2. The lowest BCUT2D eigenvalue weighted by molar-refractivity contribution is 0.443. The van der Waals surface area contributed by atoms with E-state index in [1.54, 1.807) is 29.3 Å². The fraction of sp³-hybridized carbons (Fsp3) is 0.474. The zero-order valence-electron chi connectivity index (χ0n) is 17.2. The summed E-state index contributed by atoms with van der Waals surface area (Å²) < 4.78 is 28.3. The summed E-state index contributed by atoms with van der Waals surface area (Å²) in [4.78, 5) is 4.22. The van der Waals surface area contributed by atoms with Gasteiger partial charge in [-0.1, -0.05) is 12.1 Å². The molecule has 1 saturated heterocycles. The molecule has 1 aromatic carbocycles. The SMILES string of the molecule is CN=C(NCCS(=O)(=O)N1CCSCC1)NC(C)c1cccc(-n2cccn2)c1.I. The summed E-state index contributed by atoms with van der Waals surface area (Å²) in [5.74, 6) is 2.36. The van der Waals surface area contributed by atoms with Crippen LogP contribution in [0.25, 0.3) is 5.69 Å². The van der Waals surface area contributed by atoms with E-state index in [0.717, 1.165) is 22.8 Å². The molecule has 1 atom stereocenters. The summed E-state index contributed by atoms with van der Waals surface area (Å²) in [6, 6.07) is 9.97. The Morgan fingerprint density at radius 3 is 2.73 bits per heavy atom. The lowest BCUT2D eigenvalue weighted by Gasteiger charge is -2.26. The Labute approximate surface area is 200 Å². The maximum atomic E-state index is 12.5. The van der Waals surface area contributed by atoms with Gasteiger partial charge in [0, 0.05) is 50.6 Å². The van der Waals surface area contributed by atoms with E-state index in [1.807, 2.05) is 42.1 Å². The molecule has 8 nitrogen and oxygen atoms in total. The molecule has 30 heavy (non-hydrogen) atoms. The summed E-state index contributed by atoms with van der Waals surface area (Å²) in [6.45, 7) is 3.55. The van der Waals surface area contributed by atoms with Gasteiger partial charge in [-0.25, -0.2) is 17.4 Å². The van der Waals surface area contributed by atoms with Gasteiger partial charge in [0.25, 0.3) is 0 Å². The molecule has 2 aromatic rings. The maximum Gasteiger partial charge on any atom is 0.215 e. The minimum Gasteiger partial charge on any atom is -0.355 e. The summed E-state index contributed by atoms with van der Waals surface area (Å²) in [6.07, 6.45) is 3.65. The van der Waals surface area contributed by atoms with E-state index in [2.05, 4.69) is 26.8 Å². The van der Waals surface area contributed by atoms with Crippen LogP contribution < -0.4 is 10.6 Å². The summed E-state index contributed by atoms with van der Waals surface area (Å²) in [5.41, 5.74) is 2.06. The van der Waals surface area contributed by atoms with Crippen LogP contribution in [-0.4, -0.2) is 72.4 Å². The quantitative estimate of drug-likeness (QED) is 0.304. The van der Waals surface area contributed by atoms with E-state index in [4.69, 9.17) is 0 Å². The van der Waals surface area contributed by atoms with Crippen molar-refractivity contribution in [2.75, 3.05) is 43.9 Å². The first kappa shape index (κ1) is 25.0. The predicted octanol–water partition coefficient (Wildman–Crippen LogP) is 2.09. The maximum absolute atomic E-state index is 12.5. The van der Waals surface area contributed by atoms with Gasteiger partial charge in [-0.15, -0.1) is 24.0 Å². The molecule has 0 saturated carbocycles. The first-order valence-corrected chi connectivity index (χ1v) is 12.4. The van der Waals surface area contributed by atoms with Crippen LogP contribution in [0.2, 0.25) is 0 Å². The van der Waals surface area contributed by atoms with Crippen molar-refractivity contribution in [3.63, 3.8) is 0 Å². The highest BCUT2D eigenvalue weighted by molar-refractivity contribution is 14.0. The van der Waals surface area contributed by atoms with Gasteiger partial charge >= 0.3 is 0 Å². The third-order valence-corrected chi connectivity index (χ3v) is 7.55. The second kappa shape index (κ2) is 11.9. The largest absolute Gasteiger partial charge is 0.355 e. The normalized spacial score (nSPS) is 16.5. The van der Waals surface area contributed by atoms with Crippen LogP contribution in [0.3, 0.4) is 0 Å². The summed E-state index contributed by atoms with van der Waals surface area (Å²) in [5, 5.41) is 10.7. The fourth-order valence-corrected chi connectivity index (χ4v) is 5.58. The van der Waals surface area contributed by atoms with E-state index in [0.29, 0.717) is 25.6 Å². The number of rotatable bonds is 7. The van der Waals surface area contributed by atoms with Gasteiger partial charge in [0.2, 0.25) is 10.0 Å². The number of hydrogen-bond acceptors (Lipinski definition) is 5. The molecule has 1 aliphatic rings. The highest BCUT2D eigenvalue weighted by Crippen LogP contribution is 2.16. The smallest absolute Gasteiger partial charge is 0.215 e. The molecule has 1 aliphatic heterocycles. The van der Waals surface area contributed by atoms with Crippen molar-refractivity contribution in [1.82, 2.24) is 24.7 Å². The van der Waals surface area contributed by atoms with Gasteiger partial charge in [0.05, 0.1) is 17.5 Å². The van der Waals surface area contributed by atoms with Crippen LogP contribution in [0.4, 0.5) is 0 Å². The number of thioether (sulfide) groups is 1. The van der Waals surface area contributed by atoms with Crippen molar-refractivity contribution in [1.29, 1.82) is 0 Å². The van der Waals surface area contributed by atoms with Gasteiger partial charge in [-0.2, -0.15) is 16.9 Å². The second-order valence-electron chi connectivity index (χ2n) is 6.74. The number of sulfonamides is 1. The molecule has 1 aromatic heterocycles. The van der Waals surface area contributed by atoms with Gasteiger partial charge in [0.1, 0.15) is 0 Å². The van der Waals surface area contributed by atoms with Crippen molar-refractivity contribution in [2.24, 2.45) is 4.99 Å². The molecule has 1 unspecified atom stereocenters. The monoisotopic (exact) mass is 564 g/mol. The third kappa shape index (κ3) is 6.86. The fourth-order valence-electron chi connectivity index (χ4n) is 3.09. The topological polar surface area (TPSA) is 91.6 Å². The standard InChI is InChI=1S/C19H28N6O2S2.HI/c1-16(17-5-3-6-18(15-17)25-9-4-7-22-25)23-19(20-2)21-8-14-29(26,27)24-10-12-28-13-11-24;/h3-7,9,15-16H,8,10-14H2,1-2H3,(H2,20,21,23);1H. The highest BCUT2D eigenvalue weighted by atomic mass is 127. The van der Waals surface area contributed by atoms with E-state index in [1.165, 1.54) is 0 Å². The van der Waals surface area contributed by atoms with E-state index < -0.39 is 10.0 Å². The van der Waals surface area contributed by atoms with Crippen molar-refractivity contribution >= 4 is 51.7 Å². The van der Waals surface area contributed by atoms with Crippen molar-refractivity contribution < 1.29 is 8.42 Å². The van der Waals surface area contributed by atoms with Gasteiger partial charge in [0.15, 0.2) is 5.96 Å². The van der Waals surface area contributed by atoms with Crippen LogP contribution in [-0.2, 0) is 10.0 Å². The van der Waals surface area contributed by atoms with E-state index in [9.17, 15) is 8.42 Å². The minimum atomic E-state index is -3.23. The van der Waals surface area contributed by atoms with Crippen LogP contribution in [0, 0.1) is 0 Å². The van der Waals surface area contributed by atoms with Crippen LogP contribution >= 0.6 is 35.7 Å². The minimum absolute atomic E-state index is 0. The molecular formula is C19H29IN6O2S2. The summed E-state index contributed by atoms with van der Waals surface area (Å²) >= 11 is 1.80. The van der Waals surface area contributed by atoms with E-state index >= 15 is 0 Å². The lowest BCUT2D eigenvalue weighted by atomic mass is 10.1. The average Bonchev–Trinajstić information content (AvgIpc) is 3.28. The number of aliphatic imine (C=N–C) groups is 1. The predicted molar refractivity (Wildman–Crippen MR) is 135 cm³/mol. The van der Waals surface area contributed by atoms with E-state index in [-0.39, 0.29) is 35.8 Å². The van der Waals surface area contributed by atoms with Crippen molar-refractivity contribution in [3.05, 3.63) is 48.3 Å². The number of aromatic nitrogens is 2. The van der Waals surface area contributed by atoms with Crippen LogP contribution in [0.1, 0.15) is 18.5 Å². The Morgan fingerprint density at radius 1 is 1.30 bits per heavy atom. The molecule has 2 N–H and O–H groups in total. The molecule has 0 amide bonds. The van der Waals surface area contributed by atoms with Crippen molar-refractivity contribution in [3.8, 4) is 5.69 Å². The molecule has 0 spiro atoms. The zero-order valence-corrected chi connectivity index (χ0v) is 21.2. The highest BCUT2D eigenvalue weighted by Gasteiger charge is 2.23. The number of halogens is 1. The Morgan fingerprint density at radius 2 is 2.07 bits per heavy atom. The van der Waals surface area contributed by atoms with Gasteiger partial charge < -0.3 is 10.6 Å². The third-order valence-electron chi connectivity index (χ3n) is 4.73. The molecule has 11 heteroatoms. The first-order chi connectivity index (χ1) is 14.0. The van der Waals surface area contributed by atoms with Crippen LogP contribution in [0.15, 0.2) is 47.7 Å². The second-order valence-corrected chi connectivity index (χ2v) is 10.1. The van der Waals surface area contributed by atoms with Crippen LogP contribution in [0.5, 0.6) is 0 Å². The molecule has 0 radical (unpaired) electrons. The summed E-state index contributed by atoms with van der Waals surface area (Å²) in [7, 11) is -1.55. The first-order valence-electron chi connectivity index (χ1n) is 9.62. The van der Waals surface area contributed by atoms with Crippen molar-refractivity contribution in [2.45, 2.75) is 13.0 Å². The average molecular weight is 565 g/mol. The zero-order chi connectivity index (χ0) is 20.7. The Balaban J connectivity index is 0.00000320. The Bertz CT molecular complexity index is 915. The Kier molecular flexibility index (Phi) is 9.91. The number of guanidine groups is 1. The number of nitrogens with zero attached hydrogens (tertiary/aromatic N) is 4. The van der Waals surface area contributed by atoms with Gasteiger partial charge in [-0.3, -0.25) is 4.99 Å². The molecule has 1 fully saturated rings. The molecule has 0 aliphatic carbocycles. The molecule has 0 bridgehead atoms. The molecule has 3 rings (SSSR count). The number of benzene rings is 1. The Hall–Kier alpha value is -1.31. The molecule has 166 valence electrons.